The summed E-state index contributed by atoms with van der Waals surface area (Å²) in [4.78, 5) is 4.23. The molecule has 2 aromatic rings. The molecule has 5 heteroatoms. The molecule has 3 nitrogen and oxygen atoms in total. The molecule has 1 aliphatic rings. The molecule has 3 rings (SSSR count). The number of fused-ring (bicyclic) bond motifs is 3. The Hall–Kier alpha value is -1.39. The lowest BCUT2D eigenvalue weighted by Crippen LogP contribution is -2.24. The number of aliphatic hydroxyl groups excluding tert-OH is 1. The van der Waals surface area contributed by atoms with Gasteiger partial charge in [0.15, 0.2) is 0 Å². The molecule has 0 saturated heterocycles. The standard InChI is InChI=1S/C18H22ClFN2O/c1-2-18(20,8-4-10-23)9-7-15-17-13(5-3-6-14(17)19)16-11-21-12-22(15)16/h3,5-6,11-12,15,23H,2,4,7-10H2,1H3. The Balaban J connectivity index is 1.84. The lowest BCUT2D eigenvalue weighted by Gasteiger charge is -2.26. The van der Waals surface area contributed by atoms with Crippen LogP contribution in [-0.4, -0.2) is 26.9 Å². The summed E-state index contributed by atoms with van der Waals surface area (Å²) in [6, 6.07) is 5.91. The van der Waals surface area contributed by atoms with Gasteiger partial charge >= 0.3 is 0 Å². The monoisotopic (exact) mass is 336 g/mol. The molecule has 0 fully saturated rings. The second-order valence-corrected chi connectivity index (χ2v) is 6.68. The number of imidazole rings is 1. The Morgan fingerprint density at radius 3 is 2.96 bits per heavy atom. The summed E-state index contributed by atoms with van der Waals surface area (Å²) < 4.78 is 17.1. The van der Waals surface area contributed by atoms with Gasteiger partial charge in [0.05, 0.1) is 24.3 Å². The van der Waals surface area contributed by atoms with Crippen molar-refractivity contribution in [3.05, 3.63) is 41.3 Å². The molecule has 1 aromatic heterocycles. The minimum Gasteiger partial charge on any atom is -0.396 e. The SMILES string of the molecule is CCC(F)(CCCO)CCC1c2c(Cl)cccc2-c2cncn21. The first-order chi connectivity index (χ1) is 11.1. The van der Waals surface area contributed by atoms with Crippen LogP contribution in [0.2, 0.25) is 5.02 Å². The lowest BCUT2D eigenvalue weighted by atomic mass is 9.88. The first kappa shape index (κ1) is 16.5. The van der Waals surface area contributed by atoms with Gasteiger partial charge in [-0.2, -0.15) is 0 Å². The maximum Gasteiger partial charge on any atom is 0.111 e. The predicted octanol–water partition coefficient (Wildman–Crippen LogP) is 4.78. The van der Waals surface area contributed by atoms with Gasteiger partial charge in [0, 0.05) is 22.8 Å². The van der Waals surface area contributed by atoms with E-state index in [4.69, 9.17) is 16.7 Å². The van der Waals surface area contributed by atoms with Crippen molar-refractivity contribution >= 4 is 11.6 Å². The van der Waals surface area contributed by atoms with Crippen molar-refractivity contribution in [2.75, 3.05) is 6.61 Å². The Morgan fingerprint density at radius 2 is 2.22 bits per heavy atom. The van der Waals surface area contributed by atoms with Crippen LogP contribution in [0.5, 0.6) is 0 Å². The summed E-state index contributed by atoms with van der Waals surface area (Å²) in [7, 11) is 0. The van der Waals surface area contributed by atoms with Crippen LogP contribution < -0.4 is 0 Å². The Labute approximate surface area is 141 Å². The van der Waals surface area contributed by atoms with E-state index < -0.39 is 5.67 Å². The number of halogens is 2. The van der Waals surface area contributed by atoms with Gasteiger partial charge in [0.1, 0.15) is 5.67 Å². The fourth-order valence-corrected chi connectivity index (χ4v) is 3.85. The molecule has 0 aliphatic carbocycles. The Kier molecular flexibility index (Phi) is 4.74. The Bertz CT molecular complexity index is 687. The number of hydrogen-bond donors (Lipinski definition) is 1. The average molecular weight is 337 g/mol. The molecule has 2 unspecified atom stereocenters. The largest absolute Gasteiger partial charge is 0.396 e. The molecule has 0 spiro atoms. The van der Waals surface area contributed by atoms with Crippen LogP contribution in [0.4, 0.5) is 4.39 Å². The van der Waals surface area contributed by atoms with Gasteiger partial charge in [-0.1, -0.05) is 30.7 Å². The van der Waals surface area contributed by atoms with E-state index in [1.807, 2.05) is 31.3 Å². The fourth-order valence-electron chi connectivity index (χ4n) is 3.55. The summed E-state index contributed by atoms with van der Waals surface area (Å²) in [5.41, 5.74) is 1.99. The summed E-state index contributed by atoms with van der Waals surface area (Å²) in [5.74, 6) is 0. The third kappa shape index (κ3) is 3.02. The van der Waals surface area contributed by atoms with Crippen molar-refractivity contribution in [3.8, 4) is 11.3 Å². The maximum atomic E-state index is 15.0. The number of alkyl halides is 1. The molecule has 1 N–H and O–H groups in total. The first-order valence-corrected chi connectivity index (χ1v) is 8.58. The number of nitrogens with zero attached hydrogens (tertiary/aromatic N) is 2. The van der Waals surface area contributed by atoms with Gasteiger partial charge in [-0.3, -0.25) is 0 Å². The van der Waals surface area contributed by atoms with E-state index in [2.05, 4.69) is 9.55 Å². The van der Waals surface area contributed by atoms with Crippen LogP contribution in [0, 0.1) is 0 Å². The second-order valence-electron chi connectivity index (χ2n) is 6.27. The van der Waals surface area contributed by atoms with E-state index in [-0.39, 0.29) is 12.6 Å². The number of aromatic nitrogens is 2. The summed E-state index contributed by atoms with van der Waals surface area (Å²) in [6.07, 6.45) is 6.14. The van der Waals surface area contributed by atoms with E-state index in [1.54, 1.807) is 6.33 Å². The summed E-state index contributed by atoms with van der Waals surface area (Å²) in [5, 5.41) is 9.71. The van der Waals surface area contributed by atoms with E-state index in [0.29, 0.717) is 32.1 Å². The molecule has 2 heterocycles. The van der Waals surface area contributed by atoms with Gasteiger partial charge in [-0.05, 0) is 38.2 Å². The predicted molar refractivity (Wildman–Crippen MR) is 90.5 cm³/mol. The molecule has 2 atom stereocenters. The second kappa shape index (κ2) is 6.62. The van der Waals surface area contributed by atoms with E-state index in [9.17, 15) is 4.39 Å². The molecular formula is C18H22ClFN2O. The molecule has 0 radical (unpaired) electrons. The minimum absolute atomic E-state index is 0.0343. The van der Waals surface area contributed by atoms with E-state index >= 15 is 0 Å². The molecular weight excluding hydrogens is 315 g/mol. The van der Waals surface area contributed by atoms with Gasteiger partial charge in [0.25, 0.3) is 0 Å². The van der Waals surface area contributed by atoms with Crippen molar-refractivity contribution in [1.29, 1.82) is 0 Å². The molecule has 23 heavy (non-hydrogen) atoms. The molecule has 0 bridgehead atoms. The highest BCUT2D eigenvalue weighted by molar-refractivity contribution is 6.32. The molecule has 1 aromatic carbocycles. The van der Waals surface area contributed by atoms with Crippen LogP contribution in [-0.2, 0) is 0 Å². The van der Waals surface area contributed by atoms with Crippen molar-refractivity contribution < 1.29 is 9.50 Å². The zero-order chi connectivity index (χ0) is 16.4. The fraction of sp³-hybridized carbons (Fsp3) is 0.500. The first-order valence-electron chi connectivity index (χ1n) is 8.20. The molecule has 1 aliphatic heterocycles. The smallest absolute Gasteiger partial charge is 0.111 e. The number of benzene rings is 1. The lowest BCUT2D eigenvalue weighted by molar-refractivity contribution is 0.110. The van der Waals surface area contributed by atoms with Crippen LogP contribution in [0.1, 0.15) is 50.6 Å². The highest BCUT2D eigenvalue weighted by atomic mass is 35.5. The molecule has 0 saturated carbocycles. The average Bonchev–Trinajstić information content (AvgIpc) is 3.13. The van der Waals surface area contributed by atoms with Crippen LogP contribution in [0.25, 0.3) is 11.3 Å². The van der Waals surface area contributed by atoms with Gasteiger partial charge in [0.2, 0.25) is 0 Å². The quantitative estimate of drug-likeness (QED) is 0.790. The summed E-state index contributed by atoms with van der Waals surface area (Å²) >= 11 is 6.42. The summed E-state index contributed by atoms with van der Waals surface area (Å²) in [6.45, 7) is 1.91. The maximum absolute atomic E-state index is 15.0. The number of aliphatic hydroxyl groups is 1. The van der Waals surface area contributed by atoms with E-state index in [1.165, 1.54) is 0 Å². The van der Waals surface area contributed by atoms with Gasteiger partial charge in [-0.15, -0.1) is 0 Å². The van der Waals surface area contributed by atoms with Gasteiger partial charge in [-0.25, -0.2) is 9.37 Å². The minimum atomic E-state index is -1.23. The van der Waals surface area contributed by atoms with Crippen LogP contribution >= 0.6 is 11.6 Å². The topological polar surface area (TPSA) is 38.1 Å². The van der Waals surface area contributed by atoms with Crippen molar-refractivity contribution in [3.63, 3.8) is 0 Å². The van der Waals surface area contributed by atoms with Crippen molar-refractivity contribution in [2.45, 2.75) is 50.7 Å². The zero-order valence-electron chi connectivity index (χ0n) is 13.3. The number of hydrogen-bond acceptors (Lipinski definition) is 2. The third-order valence-corrected chi connectivity index (χ3v) is 5.28. The molecule has 124 valence electrons. The highest BCUT2D eigenvalue weighted by Gasteiger charge is 2.34. The van der Waals surface area contributed by atoms with Crippen molar-refractivity contribution in [2.24, 2.45) is 0 Å². The van der Waals surface area contributed by atoms with Gasteiger partial charge < -0.3 is 9.67 Å². The van der Waals surface area contributed by atoms with Crippen molar-refractivity contribution in [1.82, 2.24) is 9.55 Å². The zero-order valence-corrected chi connectivity index (χ0v) is 14.1. The molecule has 0 amide bonds. The third-order valence-electron chi connectivity index (χ3n) is 4.95. The normalized spacial score (nSPS) is 18.5. The highest BCUT2D eigenvalue weighted by Crippen LogP contribution is 2.46. The van der Waals surface area contributed by atoms with Crippen LogP contribution in [0.15, 0.2) is 30.7 Å². The van der Waals surface area contributed by atoms with E-state index in [0.717, 1.165) is 21.8 Å². The number of rotatable bonds is 7. The van der Waals surface area contributed by atoms with Crippen LogP contribution in [0.3, 0.4) is 0 Å². The Morgan fingerprint density at radius 1 is 1.39 bits per heavy atom.